The second kappa shape index (κ2) is 7.25. The van der Waals surface area contributed by atoms with Crippen LogP contribution in [0.3, 0.4) is 0 Å². The summed E-state index contributed by atoms with van der Waals surface area (Å²) in [5.41, 5.74) is 0. The summed E-state index contributed by atoms with van der Waals surface area (Å²) in [7, 11) is 0. The lowest BCUT2D eigenvalue weighted by Crippen LogP contribution is -2.42. The van der Waals surface area contributed by atoms with E-state index in [4.69, 9.17) is 10.2 Å². The quantitative estimate of drug-likeness (QED) is 0.465. The number of aliphatic carboxylic acids is 2. The number of esters is 2. The van der Waals surface area contributed by atoms with Crippen molar-refractivity contribution in [3.63, 3.8) is 0 Å². The molecule has 102 valence electrons. The summed E-state index contributed by atoms with van der Waals surface area (Å²) in [6, 6.07) is 0. The topological polar surface area (TPSA) is 127 Å². The predicted molar refractivity (Wildman–Crippen MR) is 55.5 cm³/mol. The van der Waals surface area contributed by atoms with E-state index in [-0.39, 0.29) is 13.2 Å². The van der Waals surface area contributed by atoms with Crippen LogP contribution in [-0.2, 0) is 28.7 Å². The molecule has 0 heterocycles. The first kappa shape index (κ1) is 15.9. The van der Waals surface area contributed by atoms with Gasteiger partial charge >= 0.3 is 23.9 Å². The molecule has 18 heavy (non-hydrogen) atoms. The Morgan fingerprint density at radius 3 is 1.28 bits per heavy atom. The van der Waals surface area contributed by atoms with Gasteiger partial charge in [0.1, 0.15) is 0 Å². The maximum atomic E-state index is 11.4. The molecule has 0 aromatic rings. The lowest BCUT2D eigenvalue weighted by Gasteiger charge is -2.17. The van der Waals surface area contributed by atoms with Gasteiger partial charge in [-0.05, 0) is 13.8 Å². The van der Waals surface area contributed by atoms with Crippen LogP contribution in [0.5, 0.6) is 0 Å². The molecule has 0 saturated heterocycles. The van der Waals surface area contributed by atoms with E-state index in [9.17, 15) is 19.2 Å². The first-order chi connectivity index (χ1) is 8.36. The number of hydrogen-bond donors (Lipinski definition) is 2. The van der Waals surface area contributed by atoms with Crippen LogP contribution in [-0.4, -0.2) is 47.3 Å². The Morgan fingerprint density at radius 1 is 0.833 bits per heavy atom. The fourth-order valence-electron chi connectivity index (χ4n) is 1.22. The van der Waals surface area contributed by atoms with Crippen molar-refractivity contribution in [2.24, 2.45) is 11.8 Å². The summed E-state index contributed by atoms with van der Waals surface area (Å²) in [6.45, 7) is 2.60. The van der Waals surface area contributed by atoms with E-state index in [1.807, 2.05) is 0 Å². The summed E-state index contributed by atoms with van der Waals surface area (Å²) in [6.07, 6.45) is 0. The summed E-state index contributed by atoms with van der Waals surface area (Å²) < 4.78 is 8.87. The average Bonchev–Trinajstić information content (AvgIpc) is 2.24. The Morgan fingerprint density at radius 2 is 1.11 bits per heavy atom. The molecule has 0 spiro atoms. The fraction of sp³-hybridized carbons (Fsp3) is 0.600. The summed E-state index contributed by atoms with van der Waals surface area (Å²) >= 11 is 0. The van der Waals surface area contributed by atoms with E-state index in [0.717, 1.165) is 0 Å². The number of ether oxygens (including phenoxy) is 2. The second-order valence-corrected chi connectivity index (χ2v) is 3.14. The fourth-order valence-corrected chi connectivity index (χ4v) is 1.22. The van der Waals surface area contributed by atoms with E-state index in [1.54, 1.807) is 0 Å². The van der Waals surface area contributed by atoms with Crippen LogP contribution in [0, 0.1) is 11.8 Å². The SMILES string of the molecule is CCOC(=O)[C@H](C(=O)O)[C@@H](C(=O)O)C(=O)OCC. The monoisotopic (exact) mass is 262 g/mol. The van der Waals surface area contributed by atoms with Crippen LogP contribution < -0.4 is 0 Å². The molecule has 0 aliphatic rings. The zero-order valence-electron chi connectivity index (χ0n) is 9.91. The zero-order valence-corrected chi connectivity index (χ0v) is 9.91. The molecule has 0 aromatic carbocycles. The van der Waals surface area contributed by atoms with Gasteiger partial charge in [-0.3, -0.25) is 19.2 Å². The molecule has 0 saturated carbocycles. The highest BCUT2D eigenvalue weighted by Crippen LogP contribution is 2.17. The van der Waals surface area contributed by atoms with Crippen molar-refractivity contribution in [1.29, 1.82) is 0 Å². The second-order valence-electron chi connectivity index (χ2n) is 3.14. The van der Waals surface area contributed by atoms with E-state index < -0.39 is 35.7 Å². The zero-order chi connectivity index (χ0) is 14.3. The van der Waals surface area contributed by atoms with Gasteiger partial charge in [-0.25, -0.2) is 0 Å². The molecule has 8 heteroatoms. The number of carboxylic acids is 2. The molecular weight excluding hydrogens is 248 g/mol. The van der Waals surface area contributed by atoms with E-state index in [0.29, 0.717) is 0 Å². The van der Waals surface area contributed by atoms with Gasteiger partial charge in [-0.2, -0.15) is 0 Å². The maximum absolute atomic E-state index is 11.4. The normalized spacial score (nSPS) is 13.2. The molecule has 8 nitrogen and oxygen atoms in total. The van der Waals surface area contributed by atoms with Crippen molar-refractivity contribution < 1.29 is 38.9 Å². The Kier molecular flexibility index (Phi) is 6.40. The number of rotatable bonds is 7. The molecule has 2 atom stereocenters. The Bertz CT molecular complexity index is 314. The number of carboxylic acid groups (broad SMARTS) is 2. The third kappa shape index (κ3) is 4.04. The molecule has 0 radical (unpaired) electrons. The van der Waals surface area contributed by atoms with Crippen molar-refractivity contribution in [3.8, 4) is 0 Å². The molecule has 0 aliphatic heterocycles. The molecule has 0 unspecified atom stereocenters. The third-order valence-electron chi connectivity index (χ3n) is 1.95. The van der Waals surface area contributed by atoms with E-state index in [2.05, 4.69) is 9.47 Å². The Hall–Kier alpha value is -2.12. The minimum Gasteiger partial charge on any atom is -0.481 e. The highest BCUT2D eigenvalue weighted by molar-refractivity contribution is 6.06. The summed E-state index contributed by atoms with van der Waals surface area (Å²) in [4.78, 5) is 44.5. The molecule has 0 rings (SSSR count). The number of carbonyl (C=O) groups excluding carboxylic acids is 2. The van der Waals surface area contributed by atoms with Crippen LogP contribution in [0.25, 0.3) is 0 Å². The molecular formula is C10H14O8. The van der Waals surface area contributed by atoms with Crippen LogP contribution in [0.4, 0.5) is 0 Å². The van der Waals surface area contributed by atoms with Crippen molar-refractivity contribution in [2.75, 3.05) is 13.2 Å². The van der Waals surface area contributed by atoms with Crippen LogP contribution in [0.2, 0.25) is 0 Å². The van der Waals surface area contributed by atoms with E-state index in [1.165, 1.54) is 13.8 Å². The van der Waals surface area contributed by atoms with Gasteiger partial charge in [-0.15, -0.1) is 0 Å². The van der Waals surface area contributed by atoms with Crippen LogP contribution in [0.1, 0.15) is 13.8 Å². The minimum atomic E-state index is -2.12. The third-order valence-corrected chi connectivity index (χ3v) is 1.95. The first-order valence-corrected chi connectivity index (χ1v) is 5.15. The summed E-state index contributed by atoms with van der Waals surface area (Å²) in [5.74, 6) is -10.3. The first-order valence-electron chi connectivity index (χ1n) is 5.15. The molecule has 0 amide bonds. The van der Waals surface area contributed by atoms with Crippen molar-refractivity contribution in [3.05, 3.63) is 0 Å². The Balaban J connectivity index is 5.24. The van der Waals surface area contributed by atoms with Crippen molar-refractivity contribution >= 4 is 23.9 Å². The smallest absolute Gasteiger partial charge is 0.321 e. The molecule has 0 bridgehead atoms. The highest BCUT2D eigenvalue weighted by Gasteiger charge is 2.46. The van der Waals surface area contributed by atoms with Gasteiger partial charge in [0, 0.05) is 0 Å². The average molecular weight is 262 g/mol. The van der Waals surface area contributed by atoms with Gasteiger partial charge in [0.15, 0.2) is 11.8 Å². The minimum absolute atomic E-state index is 0.127. The van der Waals surface area contributed by atoms with Crippen LogP contribution >= 0.6 is 0 Å². The molecule has 0 aromatic heterocycles. The lowest BCUT2D eigenvalue weighted by atomic mass is 9.92. The maximum Gasteiger partial charge on any atom is 0.321 e. The number of carbonyl (C=O) groups is 4. The van der Waals surface area contributed by atoms with E-state index >= 15 is 0 Å². The van der Waals surface area contributed by atoms with Crippen LogP contribution in [0.15, 0.2) is 0 Å². The molecule has 0 aliphatic carbocycles. The molecule has 0 fully saturated rings. The largest absolute Gasteiger partial charge is 0.481 e. The predicted octanol–water partition coefficient (Wildman–Crippen LogP) is -0.486. The molecule has 2 N–H and O–H groups in total. The van der Waals surface area contributed by atoms with Gasteiger partial charge in [-0.1, -0.05) is 0 Å². The highest BCUT2D eigenvalue weighted by atomic mass is 16.5. The standard InChI is InChI=1S/C10H14O8/c1-3-17-9(15)5(7(11)12)6(8(13)14)10(16)18-4-2/h5-6H,3-4H2,1-2H3,(H,11,12)(H,13,14)/t5-,6-/m0/s1. The summed E-state index contributed by atoms with van der Waals surface area (Å²) in [5, 5.41) is 17.7. The van der Waals surface area contributed by atoms with Gasteiger partial charge in [0.2, 0.25) is 0 Å². The lowest BCUT2D eigenvalue weighted by molar-refractivity contribution is -0.175. The van der Waals surface area contributed by atoms with Gasteiger partial charge in [0.05, 0.1) is 13.2 Å². The van der Waals surface area contributed by atoms with Crippen molar-refractivity contribution in [2.45, 2.75) is 13.8 Å². The van der Waals surface area contributed by atoms with Gasteiger partial charge < -0.3 is 19.7 Å². The number of hydrogen-bond acceptors (Lipinski definition) is 6. The Labute approximate surface area is 102 Å². The van der Waals surface area contributed by atoms with Gasteiger partial charge in [0.25, 0.3) is 0 Å². The van der Waals surface area contributed by atoms with Crippen molar-refractivity contribution in [1.82, 2.24) is 0 Å².